The summed E-state index contributed by atoms with van der Waals surface area (Å²) in [5.74, 6) is -14.2. The number of hydrogen-bond donors (Lipinski definition) is 0. The van der Waals surface area contributed by atoms with Crippen molar-refractivity contribution in [2.45, 2.75) is 26.2 Å². The third-order valence-electron chi connectivity index (χ3n) is 5.03. The molecule has 0 saturated carbocycles. The molecule has 168 valence electrons. The van der Waals surface area contributed by atoms with Crippen LogP contribution in [0, 0.1) is 52.4 Å². The Balaban J connectivity index is 2.44. The normalized spacial score (nSPS) is 11.2. The second kappa shape index (κ2) is 9.30. The molecule has 0 nitrogen and oxygen atoms in total. The minimum Gasteiger partial charge on any atom is -0.207 e. The molecule has 0 aliphatic rings. The standard InChI is InChI=1S/C22H14BF9/c1-2-3-4-12-13(26)9-18(31)21(22(12)32)23(19-14(27)5-10(24)6-15(19)28)20-16(29)7-11(25)8-17(20)30/h5-9H,2-4H2,1H3. The van der Waals surface area contributed by atoms with E-state index in [0.717, 1.165) is 0 Å². The molecule has 0 amide bonds. The predicted molar refractivity (Wildman–Crippen MR) is 102 cm³/mol. The van der Waals surface area contributed by atoms with E-state index in [-0.39, 0.29) is 43.2 Å². The van der Waals surface area contributed by atoms with E-state index in [1.165, 1.54) is 0 Å². The van der Waals surface area contributed by atoms with E-state index in [2.05, 4.69) is 0 Å². The summed E-state index contributed by atoms with van der Waals surface area (Å²) >= 11 is 0. The summed E-state index contributed by atoms with van der Waals surface area (Å²) in [5.41, 5.74) is -4.49. The number of benzene rings is 3. The average molecular weight is 460 g/mol. The Morgan fingerprint density at radius 2 is 0.969 bits per heavy atom. The highest BCUT2D eigenvalue weighted by Crippen LogP contribution is 2.19. The first-order valence-corrected chi connectivity index (χ1v) is 9.51. The Hall–Kier alpha value is -2.91. The van der Waals surface area contributed by atoms with Gasteiger partial charge >= 0.3 is 0 Å². The lowest BCUT2D eigenvalue weighted by molar-refractivity contribution is 0.527. The smallest absolute Gasteiger partial charge is 0.207 e. The molecule has 0 heterocycles. The number of unbranched alkanes of at least 4 members (excludes halogenated alkanes) is 1. The molecule has 3 aromatic carbocycles. The highest BCUT2D eigenvalue weighted by atomic mass is 19.2. The van der Waals surface area contributed by atoms with Gasteiger partial charge in [-0.3, -0.25) is 0 Å². The molecule has 10 heteroatoms. The van der Waals surface area contributed by atoms with Crippen molar-refractivity contribution in [3.05, 3.63) is 88.3 Å². The van der Waals surface area contributed by atoms with Gasteiger partial charge < -0.3 is 0 Å². The zero-order valence-corrected chi connectivity index (χ0v) is 16.5. The molecule has 0 spiro atoms. The summed E-state index contributed by atoms with van der Waals surface area (Å²) < 4.78 is 130. The molecule has 0 fully saturated rings. The first-order valence-electron chi connectivity index (χ1n) is 9.51. The van der Waals surface area contributed by atoms with Gasteiger partial charge in [0.2, 0.25) is 0 Å². The SMILES string of the molecule is CCCCc1c(F)cc(F)c(B(c2c(F)cc(F)cc2F)c2c(F)cc(F)cc2F)c1F. The van der Waals surface area contributed by atoms with Crippen LogP contribution in [0.4, 0.5) is 39.5 Å². The van der Waals surface area contributed by atoms with Crippen molar-refractivity contribution in [1.82, 2.24) is 0 Å². The molecule has 3 rings (SSSR count). The van der Waals surface area contributed by atoms with Crippen molar-refractivity contribution in [2.24, 2.45) is 0 Å². The van der Waals surface area contributed by atoms with E-state index in [9.17, 15) is 35.1 Å². The van der Waals surface area contributed by atoms with Crippen LogP contribution in [-0.4, -0.2) is 6.71 Å². The summed E-state index contributed by atoms with van der Waals surface area (Å²) in [7, 11) is 0. The molecule has 0 N–H and O–H groups in total. The molecule has 0 aromatic heterocycles. The highest BCUT2D eigenvalue weighted by Gasteiger charge is 2.39. The van der Waals surface area contributed by atoms with Gasteiger partial charge in [-0.25, -0.2) is 39.5 Å². The summed E-state index contributed by atoms with van der Waals surface area (Å²) in [6.07, 6.45) is 0.497. The largest absolute Gasteiger partial charge is 0.264 e. The Bertz CT molecular complexity index is 1070. The fourth-order valence-electron chi connectivity index (χ4n) is 3.59. The van der Waals surface area contributed by atoms with Crippen LogP contribution in [0.25, 0.3) is 0 Å². The molecule has 0 bridgehead atoms. The summed E-state index contributed by atoms with van der Waals surface area (Å²) in [4.78, 5) is 0. The maximum absolute atomic E-state index is 15.3. The van der Waals surface area contributed by atoms with E-state index >= 15 is 4.39 Å². The van der Waals surface area contributed by atoms with Gasteiger partial charge in [0, 0.05) is 52.3 Å². The Kier molecular flexibility index (Phi) is 6.90. The lowest BCUT2D eigenvalue weighted by atomic mass is 9.36. The van der Waals surface area contributed by atoms with Crippen LogP contribution in [-0.2, 0) is 6.42 Å². The monoisotopic (exact) mass is 460 g/mol. The molecule has 0 saturated heterocycles. The third-order valence-corrected chi connectivity index (χ3v) is 5.03. The summed E-state index contributed by atoms with van der Waals surface area (Å²) in [5, 5.41) is 0. The van der Waals surface area contributed by atoms with Gasteiger partial charge in [-0.05, 0) is 12.8 Å². The van der Waals surface area contributed by atoms with Crippen LogP contribution in [0.5, 0.6) is 0 Å². The second-order valence-electron chi connectivity index (χ2n) is 7.15. The average Bonchev–Trinajstić information content (AvgIpc) is 2.65. The van der Waals surface area contributed by atoms with Gasteiger partial charge in [0.1, 0.15) is 52.4 Å². The first kappa shape index (κ1) is 23.8. The van der Waals surface area contributed by atoms with Crippen molar-refractivity contribution in [1.29, 1.82) is 0 Å². The number of rotatable bonds is 6. The molecular formula is C22H14BF9. The predicted octanol–water partition coefficient (Wildman–Crippen LogP) is 4.80. The van der Waals surface area contributed by atoms with Crippen molar-refractivity contribution >= 4 is 23.1 Å². The molecule has 0 radical (unpaired) electrons. The number of hydrogen-bond acceptors (Lipinski definition) is 0. The van der Waals surface area contributed by atoms with Crippen LogP contribution in [0.3, 0.4) is 0 Å². The van der Waals surface area contributed by atoms with Gasteiger partial charge in [-0.2, -0.15) is 0 Å². The topological polar surface area (TPSA) is 0 Å². The van der Waals surface area contributed by atoms with E-state index in [0.29, 0.717) is 6.42 Å². The molecule has 32 heavy (non-hydrogen) atoms. The van der Waals surface area contributed by atoms with E-state index in [1.54, 1.807) is 6.92 Å². The number of halogens is 9. The maximum atomic E-state index is 15.3. The molecule has 0 unspecified atom stereocenters. The maximum Gasteiger partial charge on any atom is 0.264 e. The minimum atomic E-state index is -2.49. The van der Waals surface area contributed by atoms with Gasteiger partial charge in [0.05, 0.1) is 0 Å². The van der Waals surface area contributed by atoms with Crippen molar-refractivity contribution in [3.8, 4) is 0 Å². The first-order chi connectivity index (χ1) is 15.1. The van der Waals surface area contributed by atoms with Crippen LogP contribution in [0.2, 0.25) is 0 Å². The lowest BCUT2D eigenvalue weighted by Gasteiger charge is -2.21. The molecule has 0 aliphatic carbocycles. The van der Waals surface area contributed by atoms with E-state index < -0.39 is 81.0 Å². The second-order valence-corrected chi connectivity index (χ2v) is 7.15. The van der Waals surface area contributed by atoms with Crippen LogP contribution >= 0.6 is 0 Å². The van der Waals surface area contributed by atoms with Gasteiger partial charge in [-0.1, -0.05) is 13.3 Å². The molecule has 0 aliphatic heterocycles. The Morgan fingerprint density at radius 1 is 0.562 bits per heavy atom. The summed E-state index contributed by atoms with van der Waals surface area (Å²) in [6.45, 7) is -0.785. The summed E-state index contributed by atoms with van der Waals surface area (Å²) in [6, 6.07) is 0.851. The van der Waals surface area contributed by atoms with Crippen LogP contribution in [0.15, 0.2) is 30.3 Å². The highest BCUT2D eigenvalue weighted by molar-refractivity contribution is 6.95. The van der Waals surface area contributed by atoms with Gasteiger partial charge in [0.25, 0.3) is 6.71 Å². The zero-order chi connectivity index (χ0) is 23.7. The van der Waals surface area contributed by atoms with Crippen molar-refractivity contribution in [2.75, 3.05) is 0 Å². The zero-order valence-electron chi connectivity index (χ0n) is 16.5. The fourth-order valence-corrected chi connectivity index (χ4v) is 3.59. The Morgan fingerprint density at radius 3 is 1.38 bits per heavy atom. The quantitative estimate of drug-likeness (QED) is 0.367. The third kappa shape index (κ3) is 4.35. The molecular weight excluding hydrogens is 446 g/mol. The minimum absolute atomic E-state index is 0.155. The van der Waals surface area contributed by atoms with Crippen LogP contribution < -0.4 is 16.4 Å². The lowest BCUT2D eigenvalue weighted by Crippen LogP contribution is -2.59. The fraction of sp³-hybridized carbons (Fsp3) is 0.182. The van der Waals surface area contributed by atoms with E-state index in [4.69, 9.17) is 0 Å². The Labute approximate surface area is 177 Å². The molecule has 0 atom stereocenters. The van der Waals surface area contributed by atoms with Gasteiger partial charge in [0.15, 0.2) is 0 Å². The van der Waals surface area contributed by atoms with Crippen molar-refractivity contribution in [3.63, 3.8) is 0 Å². The molecule has 3 aromatic rings. The van der Waals surface area contributed by atoms with E-state index in [1.807, 2.05) is 0 Å². The van der Waals surface area contributed by atoms with Crippen molar-refractivity contribution < 1.29 is 39.5 Å². The van der Waals surface area contributed by atoms with Crippen LogP contribution in [0.1, 0.15) is 25.3 Å². The van der Waals surface area contributed by atoms with Gasteiger partial charge in [-0.15, -0.1) is 0 Å².